The summed E-state index contributed by atoms with van der Waals surface area (Å²) in [5, 5.41) is 8.64. The standard InChI is InChI=1S/C23H18FN3O6/c1-31-20-8-13(9-21(32-2)23(20)27-30)16-11-33-19-10-14(25-28)4-5-15(19)22(16)12-3-6-18(26-29)17(24)7-12/h3-10,16,22H,11H2,1-2H3. The second-order valence-electron chi connectivity index (χ2n) is 7.38. The molecule has 0 amide bonds. The summed E-state index contributed by atoms with van der Waals surface area (Å²) < 4.78 is 31.1. The largest absolute Gasteiger partial charge is 0.494 e. The third-order valence-electron chi connectivity index (χ3n) is 5.71. The molecule has 0 radical (unpaired) electrons. The Balaban J connectivity index is 1.92. The highest BCUT2D eigenvalue weighted by atomic mass is 19.1. The number of nitrogens with zero attached hydrogens (tertiary/aromatic N) is 3. The van der Waals surface area contributed by atoms with Gasteiger partial charge in [0.25, 0.3) is 0 Å². The number of nitroso groups, excluding NO2 is 3. The minimum absolute atomic E-state index is 0.0200. The van der Waals surface area contributed by atoms with Crippen molar-refractivity contribution >= 4 is 17.1 Å². The summed E-state index contributed by atoms with van der Waals surface area (Å²) >= 11 is 0. The lowest BCUT2D eigenvalue weighted by Crippen LogP contribution is -2.25. The van der Waals surface area contributed by atoms with E-state index in [1.807, 2.05) is 0 Å². The quantitative estimate of drug-likeness (QED) is 0.387. The van der Waals surface area contributed by atoms with Gasteiger partial charge in [0.05, 0.1) is 20.8 Å². The SMILES string of the molecule is COc1cc(C2COc3cc(N=O)ccc3C2c2ccc(N=O)c(F)c2)cc(OC)c1N=O. The number of fused-ring (bicyclic) bond motifs is 1. The zero-order valence-electron chi connectivity index (χ0n) is 17.6. The van der Waals surface area contributed by atoms with Crippen LogP contribution in [0.25, 0.3) is 0 Å². The average Bonchev–Trinajstić information content (AvgIpc) is 2.86. The lowest BCUT2D eigenvalue weighted by atomic mass is 9.75. The fourth-order valence-electron chi connectivity index (χ4n) is 4.16. The molecule has 0 aromatic heterocycles. The van der Waals surface area contributed by atoms with Crippen molar-refractivity contribution in [2.75, 3.05) is 20.8 Å². The van der Waals surface area contributed by atoms with E-state index in [0.717, 1.165) is 0 Å². The number of halogens is 1. The molecule has 0 fully saturated rings. The van der Waals surface area contributed by atoms with Crippen LogP contribution in [0.5, 0.6) is 17.2 Å². The molecule has 33 heavy (non-hydrogen) atoms. The van der Waals surface area contributed by atoms with Crippen LogP contribution in [0.3, 0.4) is 0 Å². The van der Waals surface area contributed by atoms with Gasteiger partial charge in [0.2, 0.25) is 0 Å². The minimum Gasteiger partial charge on any atom is -0.494 e. The van der Waals surface area contributed by atoms with Crippen molar-refractivity contribution in [1.82, 2.24) is 0 Å². The van der Waals surface area contributed by atoms with Gasteiger partial charge in [-0.1, -0.05) is 12.1 Å². The van der Waals surface area contributed by atoms with E-state index in [1.165, 1.54) is 32.4 Å². The number of ether oxygens (including phenoxy) is 3. The molecule has 0 bridgehead atoms. The highest BCUT2D eigenvalue weighted by Gasteiger charge is 2.35. The molecule has 168 valence electrons. The maximum Gasteiger partial charge on any atom is 0.191 e. The van der Waals surface area contributed by atoms with Crippen LogP contribution in [0.15, 0.2) is 64.1 Å². The third kappa shape index (κ3) is 3.91. The highest BCUT2D eigenvalue weighted by Crippen LogP contribution is 2.50. The van der Waals surface area contributed by atoms with Crippen molar-refractivity contribution in [2.24, 2.45) is 15.5 Å². The van der Waals surface area contributed by atoms with Crippen LogP contribution in [-0.2, 0) is 0 Å². The molecule has 9 nitrogen and oxygen atoms in total. The van der Waals surface area contributed by atoms with Gasteiger partial charge in [-0.2, -0.15) is 0 Å². The maximum absolute atomic E-state index is 14.5. The summed E-state index contributed by atoms with van der Waals surface area (Å²) in [6.45, 7) is 0.162. The van der Waals surface area contributed by atoms with Crippen LogP contribution in [0.2, 0.25) is 0 Å². The predicted octanol–water partition coefficient (Wildman–Crippen LogP) is 6.34. The zero-order chi connectivity index (χ0) is 23.5. The van der Waals surface area contributed by atoms with Gasteiger partial charge in [-0.05, 0) is 57.0 Å². The van der Waals surface area contributed by atoms with E-state index < -0.39 is 11.7 Å². The number of rotatable bonds is 7. The molecule has 4 rings (SSSR count). The molecule has 2 atom stereocenters. The van der Waals surface area contributed by atoms with Gasteiger partial charge < -0.3 is 14.2 Å². The number of benzene rings is 3. The van der Waals surface area contributed by atoms with Crippen molar-refractivity contribution in [3.8, 4) is 17.2 Å². The molecule has 0 N–H and O–H groups in total. The van der Waals surface area contributed by atoms with Crippen molar-refractivity contribution in [3.05, 3.63) is 85.8 Å². The maximum atomic E-state index is 14.5. The molecule has 3 aromatic rings. The minimum atomic E-state index is -0.754. The lowest BCUT2D eigenvalue weighted by Gasteiger charge is -2.35. The Bertz CT molecular complexity index is 1220. The van der Waals surface area contributed by atoms with Gasteiger partial charge in [-0.25, -0.2) is 4.39 Å². The molecule has 0 saturated carbocycles. The topological polar surface area (TPSA) is 116 Å². The average molecular weight is 451 g/mol. The number of methoxy groups -OCH3 is 2. The van der Waals surface area contributed by atoms with Gasteiger partial charge in [-0.3, -0.25) is 0 Å². The highest BCUT2D eigenvalue weighted by molar-refractivity contribution is 5.65. The van der Waals surface area contributed by atoms with E-state index in [0.29, 0.717) is 22.4 Å². The molecule has 0 saturated heterocycles. The first-order chi connectivity index (χ1) is 16.0. The van der Waals surface area contributed by atoms with Crippen LogP contribution in [-0.4, -0.2) is 20.8 Å². The van der Waals surface area contributed by atoms with Gasteiger partial charge >= 0.3 is 0 Å². The van der Waals surface area contributed by atoms with Crippen molar-refractivity contribution in [3.63, 3.8) is 0 Å². The van der Waals surface area contributed by atoms with E-state index in [-0.39, 0.29) is 41.1 Å². The van der Waals surface area contributed by atoms with E-state index in [1.54, 1.807) is 30.3 Å². The fourth-order valence-corrected chi connectivity index (χ4v) is 4.16. The summed E-state index contributed by atoms with van der Waals surface area (Å²) in [5.41, 5.74) is 1.88. The Kier molecular flexibility index (Phi) is 6.07. The molecule has 0 spiro atoms. The lowest BCUT2D eigenvalue weighted by molar-refractivity contribution is 0.248. The van der Waals surface area contributed by atoms with E-state index in [2.05, 4.69) is 15.5 Å². The number of hydrogen-bond acceptors (Lipinski definition) is 9. The molecular formula is C23H18FN3O6. The first kappa shape index (κ1) is 22.0. The first-order valence-electron chi connectivity index (χ1n) is 9.86. The van der Waals surface area contributed by atoms with Gasteiger partial charge in [-0.15, -0.1) is 14.7 Å². The van der Waals surface area contributed by atoms with Crippen LogP contribution in [0.1, 0.15) is 28.5 Å². The smallest absolute Gasteiger partial charge is 0.191 e. The monoisotopic (exact) mass is 451 g/mol. The molecule has 0 aliphatic carbocycles. The second-order valence-corrected chi connectivity index (χ2v) is 7.38. The summed E-state index contributed by atoms with van der Waals surface area (Å²) in [4.78, 5) is 33.2. The van der Waals surface area contributed by atoms with Crippen LogP contribution >= 0.6 is 0 Å². The molecule has 2 unspecified atom stereocenters. The Labute approximate surface area is 187 Å². The summed E-state index contributed by atoms with van der Waals surface area (Å²) in [6.07, 6.45) is 0. The molecular weight excluding hydrogens is 433 g/mol. The molecule has 10 heteroatoms. The van der Waals surface area contributed by atoms with Crippen molar-refractivity contribution in [1.29, 1.82) is 0 Å². The summed E-state index contributed by atoms with van der Waals surface area (Å²) in [5.74, 6) is -0.681. The Morgan fingerprint density at radius 1 is 0.879 bits per heavy atom. The van der Waals surface area contributed by atoms with Crippen molar-refractivity contribution in [2.45, 2.75) is 11.8 Å². The van der Waals surface area contributed by atoms with E-state index in [9.17, 15) is 19.1 Å². The van der Waals surface area contributed by atoms with Crippen LogP contribution in [0, 0.1) is 20.5 Å². The van der Waals surface area contributed by atoms with E-state index >= 15 is 0 Å². The van der Waals surface area contributed by atoms with Crippen LogP contribution < -0.4 is 14.2 Å². The summed E-state index contributed by atoms with van der Waals surface area (Å²) in [6, 6.07) is 12.3. The number of hydrogen-bond donors (Lipinski definition) is 0. The fraction of sp³-hybridized carbons (Fsp3) is 0.217. The molecule has 1 heterocycles. The predicted molar refractivity (Wildman–Crippen MR) is 119 cm³/mol. The van der Waals surface area contributed by atoms with Crippen molar-refractivity contribution < 1.29 is 18.6 Å². The Hall–Kier alpha value is -4.21. The van der Waals surface area contributed by atoms with Crippen LogP contribution in [0.4, 0.5) is 21.5 Å². The van der Waals surface area contributed by atoms with Gasteiger partial charge in [0.1, 0.15) is 17.1 Å². The van der Waals surface area contributed by atoms with Gasteiger partial charge in [0.15, 0.2) is 23.0 Å². The molecule has 1 aliphatic heterocycles. The van der Waals surface area contributed by atoms with E-state index in [4.69, 9.17) is 14.2 Å². The van der Waals surface area contributed by atoms with Gasteiger partial charge in [0, 0.05) is 23.5 Å². The second kappa shape index (κ2) is 9.11. The third-order valence-corrected chi connectivity index (χ3v) is 5.71. The zero-order valence-corrected chi connectivity index (χ0v) is 17.6. The Morgan fingerprint density at radius 3 is 2.18 bits per heavy atom. The Morgan fingerprint density at radius 2 is 1.61 bits per heavy atom. The normalized spacial score (nSPS) is 16.8. The summed E-state index contributed by atoms with van der Waals surface area (Å²) in [7, 11) is 2.82. The molecule has 3 aromatic carbocycles. The molecule has 1 aliphatic rings. The first-order valence-corrected chi connectivity index (χ1v) is 9.86.